The van der Waals surface area contributed by atoms with Gasteiger partial charge in [-0.15, -0.1) is 0 Å². The number of halogens is 3. The van der Waals surface area contributed by atoms with E-state index in [-0.39, 0.29) is 16.5 Å². The van der Waals surface area contributed by atoms with E-state index >= 15 is 0 Å². The zero-order chi connectivity index (χ0) is 22.9. The Morgan fingerprint density at radius 3 is 2.34 bits per heavy atom. The van der Waals surface area contributed by atoms with Crippen LogP contribution < -0.4 is 0 Å². The summed E-state index contributed by atoms with van der Waals surface area (Å²) in [5.74, 6) is 0. The Bertz CT molecular complexity index is 1080. The van der Waals surface area contributed by atoms with E-state index in [1.165, 1.54) is 16.4 Å². The van der Waals surface area contributed by atoms with Crippen molar-refractivity contribution in [3.8, 4) is 11.1 Å². The van der Waals surface area contributed by atoms with E-state index in [1.807, 2.05) is 0 Å². The highest BCUT2D eigenvalue weighted by atomic mass is 32.2. The van der Waals surface area contributed by atoms with Gasteiger partial charge >= 0.3 is 6.18 Å². The van der Waals surface area contributed by atoms with Crippen molar-refractivity contribution >= 4 is 16.7 Å². The van der Waals surface area contributed by atoms with Gasteiger partial charge < -0.3 is 0 Å². The van der Waals surface area contributed by atoms with Crippen molar-refractivity contribution in [3.63, 3.8) is 0 Å². The van der Waals surface area contributed by atoms with E-state index < -0.39 is 21.8 Å². The van der Waals surface area contributed by atoms with Gasteiger partial charge in [0.05, 0.1) is 17.0 Å². The van der Waals surface area contributed by atoms with Gasteiger partial charge in [0.1, 0.15) is 0 Å². The fourth-order valence-corrected chi connectivity index (χ4v) is 6.09. The molecule has 0 aromatic heterocycles. The molecule has 0 N–H and O–H groups in total. The quantitative estimate of drug-likeness (QED) is 0.593. The summed E-state index contributed by atoms with van der Waals surface area (Å²) in [7, 11) is -4.01. The molecule has 4 rings (SSSR count). The van der Waals surface area contributed by atoms with Crippen LogP contribution in [0.25, 0.3) is 11.1 Å². The molecule has 0 bridgehead atoms. The zero-order valence-corrected chi connectivity index (χ0v) is 18.5. The monoisotopic (exact) mass is 465 g/mol. The maximum atomic E-state index is 13.9. The summed E-state index contributed by atoms with van der Waals surface area (Å²) in [5.41, 5.74) is 0.192. The third-order valence-electron chi connectivity index (χ3n) is 6.28. The minimum absolute atomic E-state index is 0.0501. The van der Waals surface area contributed by atoms with Gasteiger partial charge in [-0.2, -0.15) is 17.5 Å². The third kappa shape index (κ3) is 4.60. The number of hydrogen-bond acceptors (Lipinski definition) is 4. The Labute approximate surface area is 186 Å². The molecule has 1 unspecified atom stereocenters. The van der Waals surface area contributed by atoms with Crippen LogP contribution in [-0.2, 0) is 22.7 Å². The number of likely N-dealkylation sites (tertiary alicyclic amines) is 1. The summed E-state index contributed by atoms with van der Waals surface area (Å²) in [6.45, 7) is 6.34. The number of aliphatic imine (C=N–C) groups is 1. The molecule has 0 spiro atoms. The van der Waals surface area contributed by atoms with E-state index in [0.717, 1.165) is 37.6 Å². The molecular formula is C23H26F3N3O2S. The van der Waals surface area contributed by atoms with Gasteiger partial charge in [0.2, 0.25) is 10.0 Å². The predicted octanol–water partition coefficient (Wildman–Crippen LogP) is 4.43. The molecule has 1 atom stereocenters. The Morgan fingerprint density at radius 1 is 1.03 bits per heavy atom. The number of benzene rings is 2. The highest BCUT2D eigenvalue weighted by molar-refractivity contribution is 7.89. The van der Waals surface area contributed by atoms with Gasteiger partial charge in [0.15, 0.2) is 0 Å². The average molecular weight is 466 g/mol. The highest BCUT2D eigenvalue weighted by Crippen LogP contribution is 2.39. The van der Waals surface area contributed by atoms with Gasteiger partial charge in [-0.3, -0.25) is 9.89 Å². The normalized spacial score (nSPS) is 20.7. The molecule has 0 saturated carbocycles. The second-order valence-corrected chi connectivity index (χ2v) is 10.3. The number of nitrogens with zero attached hydrogens (tertiary/aromatic N) is 3. The lowest BCUT2D eigenvalue weighted by molar-refractivity contribution is -0.137. The Hall–Kier alpha value is -2.23. The lowest BCUT2D eigenvalue weighted by Gasteiger charge is -2.24. The molecule has 0 aliphatic carbocycles. The average Bonchev–Trinajstić information content (AvgIpc) is 3.46. The Balaban J connectivity index is 1.64. The summed E-state index contributed by atoms with van der Waals surface area (Å²) in [5, 5.41) is 0. The second kappa shape index (κ2) is 8.96. The molecule has 172 valence electrons. The number of rotatable bonds is 6. The van der Waals surface area contributed by atoms with Crippen molar-refractivity contribution in [2.75, 3.05) is 26.2 Å². The Morgan fingerprint density at radius 2 is 1.72 bits per heavy atom. The Kier molecular flexibility index (Phi) is 6.42. The smallest absolute Gasteiger partial charge is 0.299 e. The molecule has 2 heterocycles. The van der Waals surface area contributed by atoms with E-state index in [2.05, 4.69) is 16.6 Å². The minimum atomic E-state index is -4.69. The molecule has 2 aromatic carbocycles. The van der Waals surface area contributed by atoms with E-state index in [0.29, 0.717) is 31.6 Å². The molecule has 2 saturated heterocycles. The summed E-state index contributed by atoms with van der Waals surface area (Å²) >= 11 is 0. The highest BCUT2D eigenvalue weighted by Gasteiger charge is 2.39. The first kappa shape index (κ1) is 22.9. The molecular weight excluding hydrogens is 439 g/mol. The van der Waals surface area contributed by atoms with Crippen LogP contribution in [0, 0.1) is 0 Å². The molecule has 5 nitrogen and oxygen atoms in total. The van der Waals surface area contributed by atoms with Gasteiger partial charge in [-0.05, 0) is 67.9 Å². The van der Waals surface area contributed by atoms with E-state index in [4.69, 9.17) is 0 Å². The maximum Gasteiger partial charge on any atom is 0.417 e. The first-order chi connectivity index (χ1) is 15.2. The number of hydrogen-bond donors (Lipinski definition) is 0. The number of alkyl halides is 3. The van der Waals surface area contributed by atoms with Crippen molar-refractivity contribution in [1.82, 2.24) is 9.21 Å². The standard InChI is InChI=1S/C23H26F3N3O2S/c1-27-15-17-4-6-18(7-5-17)21-9-8-20(14-22(21)23(24,25)26)32(30,31)29-13-10-19(16-29)28-11-2-3-12-28/h4-9,14,19H,1-3,10-13,15-16H2. The SMILES string of the molecule is C=NCc1ccc(-c2ccc(S(=O)(=O)N3CCC(N4CCCC4)C3)cc2C(F)(F)F)cc1. The van der Waals surface area contributed by atoms with Crippen molar-refractivity contribution < 1.29 is 21.6 Å². The van der Waals surface area contributed by atoms with E-state index in [9.17, 15) is 21.6 Å². The molecule has 2 aromatic rings. The van der Waals surface area contributed by atoms with E-state index in [1.54, 1.807) is 24.3 Å². The maximum absolute atomic E-state index is 13.9. The van der Waals surface area contributed by atoms with Crippen LogP contribution in [-0.4, -0.2) is 56.6 Å². The molecule has 0 radical (unpaired) electrons. The topological polar surface area (TPSA) is 53.0 Å². The van der Waals surface area contributed by atoms with Crippen LogP contribution in [0.3, 0.4) is 0 Å². The van der Waals surface area contributed by atoms with Crippen LogP contribution in [0.2, 0.25) is 0 Å². The summed E-state index contributed by atoms with van der Waals surface area (Å²) in [6, 6.07) is 9.99. The predicted molar refractivity (Wildman–Crippen MR) is 118 cm³/mol. The molecule has 32 heavy (non-hydrogen) atoms. The molecule has 0 amide bonds. The van der Waals surface area contributed by atoms with Crippen LogP contribution >= 0.6 is 0 Å². The van der Waals surface area contributed by atoms with Gasteiger partial charge in [-0.1, -0.05) is 30.3 Å². The summed E-state index contributed by atoms with van der Waals surface area (Å²) < 4.78 is 69.4. The van der Waals surface area contributed by atoms with Crippen molar-refractivity contribution in [2.45, 2.75) is 42.9 Å². The summed E-state index contributed by atoms with van der Waals surface area (Å²) in [6.07, 6.45) is -1.78. The van der Waals surface area contributed by atoms with Gasteiger partial charge in [0.25, 0.3) is 0 Å². The third-order valence-corrected chi connectivity index (χ3v) is 8.14. The molecule has 9 heteroatoms. The van der Waals surface area contributed by atoms with Gasteiger partial charge in [-0.25, -0.2) is 8.42 Å². The fourth-order valence-electron chi connectivity index (χ4n) is 4.57. The van der Waals surface area contributed by atoms with Gasteiger partial charge in [0, 0.05) is 19.1 Å². The molecule has 2 aliphatic heterocycles. The molecule has 2 aliphatic rings. The molecule has 2 fully saturated rings. The van der Waals surface area contributed by atoms with Crippen molar-refractivity contribution in [1.29, 1.82) is 0 Å². The lowest BCUT2D eigenvalue weighted by atomic mass is 9.98. The minimum Gasteiger partial charge on any atom is -0.299 e. The largest absolute Gasteiger partial charge is 0.417 e. The van der Waals surface area contributed by atoms with Crippen LogP contribution in [0.15, 0.2) is 52.4 Å². The van der Waals surface area contributed by atoms with Crippen LogP contribution in [0.5, 0.6) is 0 Å². The zero-order valence-electron chi connectivity index (χ0n) is 17.7. The number of sulfonamides is 1. The second-order valence-electron chi connectivity index (χ2n) is 8.33. The summed E-state index contributed by atoms with van der Waals surface area (Å²) in [4.78, 5) is 5.73. The van der Waals surface area contributed by atoms with Crippen LogP contribution in [0.4, 0.5) is 13.2 Å². The first-order valence-electron chi connectivity index (χ1n) is 10.7. The van der Waals surface area contributed by atoms with Crippen molar-refractivity contribution in [2.24, 2.45) is 4.99 Å². The first-order valence-corrected chi connectivity index (χ1v) is 12.1. The fraction of sp³-hybridized carbons (Fsp3) is 0.435. The lowest BCUT2D eigenvalue weighted by Crippen LogP contribution is -2.37. The van der Waals surface area contributed by atoms with Crippen LogP contribution in [0.1, 0.15) is 30.4 Å². The van der Waals surface area contributed by atoms with Crippen molar-refractivity contribution in [3.05, 3.63) is 53.6 Å².